The monoisotopic (exact) mass is 257 g/mol. The summed E-state index contributed by atoms with van der Waals surface area (Å²) in [6.45, 7) is 0. The van der Waals surface area contributed by atoms with Gasteiger partial charge in [-0.3, -0.25) is 9.97 Å². The molecule has 0 atom stereocenters. The first-order valence-corrected chi connectivity index (χ1v) is 5.65. The first kappa shape index (κ1) is 11.5. The second kappa shape index (κ2) is 4.61. The van der Waals surface area contributed by atoms with Gasteiger partial charge in [0.2, 0.25) is 0 Å². The van der Waals surface area contributed by atoms with Gasteiger partial charge in [-0.05, 0) is 24.3 Å². The molecule has 94 valence electrons. The van der Waals surface area contributed by atoms with E-state index in [2.05, 4.69) is 15.0 Å². The van der Waals surface area contributed by atoms with E-state index >= 15 is 0 Å². The number of aromatic nitrogens is 3. The van der Waals surface area contributed by atoms with Gasteiger partial charge in [0.25, 0.3) is 0 Å². The van der Waals surface area contributed by atoms with Gasteiger partial charge in [0.15, 0.2) is 0 Å². The Kier molecular flexibility index (Phi) is 2.79. The number of H-pyrrole nitrogens is 1. The second-order valence-corrected chi connectivity index (χ2v) is 4.00. The van der Waals surface area contributed by atoms with Crippen molar-refractivity contribution >= 4 is 0 Å². The van der Waals surface area contributed by atoms with E-state index in [1.165, 1.54) is 36.7 Å². The maximum atomic E-state index is 13.1. The van der Waals surface area contributed by atoms with Gasteiger partial charge in [0.1, 0.15) is 11.6 Å². The minimum absolute atomic E-state index is 0.356. The number of nitrogens with one attached hydrogen (secondary N) is 1. The zero-order chi connectivity index (χ0) is 13.2. The van der Waals surface area contributed by atoms with Crippen molar-refractivity contribution in [1.29, 1.82) is 0 Å². The number of pyridine rings is 2. The van der Waals surface area contributed by atoms with Gasteiger partial charge in [-0.25, -0.2) is 8.78 Å². The molecule has 0 aromatic carbocycles. The molecule has 0 aliphatic carbocycles. The predicted octanol–water partition coefficient (Wildman–Crippen LogP) is 3.42. The highest BCUT2D eigenvalue weighted by Gasteiger charge is 2.07. The van der Waals surface area contributed by atoms with E-state index in [9.17, 15) is 8.78 Å². The van der Waals surface area contributed by atoms with E-state index in [0.717, 1.165) is 0 Å². The Morgan fingerprint density at radius 3 is 1.63 bits per heavy atom. The van der Waals surface area contributed by atoms with Crippen molar-refractivity contribution in [1.82, 2.24) is 15.0 Å². The Bertz CT molecular complexity index is 662. The van der Waals surface area contributed by atoms with Crippen LogP contribution in [-0.4, -0.2) is 15.0 Å². The SMILES string of the molecule is Fc1ccnc(-c2ccc(-c3cc(F)ccn3)[nH]2)c1. The lowest BCUT2D eigenvalue weighted by Gasteiger charge is -1.99. The van der Waals surface area contributed by atoms with Gasteiger partial charge in [0, 0.05) is 24.5 Å². The van der Waals surface area contributed by atoms with Crippen molar-refractivity contribution in [2.75, 3.05) is 0 Å². The van der Waals surface area contributed by atoms with Gasteiger partial charge in [-0.1, -0.05) is 0 Å². The van der Waals surface area contributed by atoms with Crippen LogP contribution in [0, 0.1) is 11.6 Å². The first-order valence-electron chi connectivity index (χ1n) is 5.65. The Balaban J connectivity index is 2.00. The van der Waals surface area contributed by atoms with E-state index in [-0.39, 0.29) is 11.6 Å². The summed E-state index contributed by atoms with van der Waals surface area (Å²) in [5, 5.41) is 0. The number of halogens is 2. The smallest absolute Gasteiger partial charge is 0.126 e. The molecule has 0 amide bonds. The van der Waals surface area contributed by atoms with Crippen LogP contribution in [-0.2, 0) is 0 Å². The summed E-state index contributed by atoms with van der Waals surface area (Å²) < 4.78 is 26.2. The molecule has 3 heterocycles. The number of rotatable bonds is 2. The van der Waals surface area contributed by atoms with Gasteiger partial charge in [-0.15, -0.1) is 0 Å². The fraction of sp³-hybridized carbons (Fsp3) is 0. The molecule has 0 spiro atoms. The van der Waals surface area contributed by atoms with E-state index in [0.29, 0.717) is 22.8 Å². The average Bonchev–Trinajstić information content (AvgIpc) is 2.88. The highest BCUT2D eigenvalue weighted by Crippen LogP contribution is 2.22. The van der Waals surface area contributed by atoms with E-state index in [1.54, 1.807) is 12.1 Å². The molecule has 0 unspecified atom stereocenters. The largest absolute Gasteiger partial charge is 0.352 e. The van der Waals surface area contributed by atoms with Crippen molar-refractivity contribution in [2.45, 2.75) is 0 Å². The van der Waals surface area contributed by atoms with Crippen LogP contribution in [0.3, 0.4) is 0 Å². The van der Waals surface area contributed by atoms with Crippen molar-refractivity contribution in [2.24, 2.45) is 0 Å². The summed E-state index contributed by atoms with van der Waals surface area (Å²) in [4.78, 5) is 11.2. The topological polar surface area (TPSA) is 41.6 Å². The molecule has 3 aromatic rings. The van der Waals surface area contributed by atoms with Gasteiger partial charge in [-0.2, -0.15) is 0 Å². The first-order chi connectivity index (χ1) is 9.22. The molecule has 19 heavy (non-hydrogen) atoms. The molecule has 0 aliphatic heterocycles. The summed E-state index contributed by atoms with van der Waals surface area (Å²) in [7, 11) is 0. The van der Waals surface area contributed by atoms with Crippen LogP contribution in [0.4, 0.5) is 8.78 Å². The van der Waals surface area contributed by atoms with Gasteiger partial charge in [0.05, 0.1) is 22.8 Å². The fourth-order valence-electron chi connectivity index (χ4n) is 1.80. The lowest BCUT2D eigenvalue weighted by molar-refractivity contribution is 0.626. The second-order valence-electron chi connectivity index (χ2n) is 4.00. The summed E-state index contributed by atoms with van der Waals surface area (Å²) >= 11 is 0. The Hall–Kier alpha value is -2.56. The predicted molar refractivity (Wildman–Crippen MR) is 67.2 cm³/mol. The van der Waals surface area contributed by atoms with E-state index < -0.39 is 0 Å². The number of aromatic amines is 1. The van der Waals surface area contributed by atoms with Gasteiger partial charge >= 0.3 is 0 Å². The van der Waals surface area contributed by atoms with Crippen LogP contribution in [0.2, 0.25) is 0 Å². The van der Waals surface area contributed by atoms with Crippen LogP contribution in [0.25, 0.3) is 22.8 Å². The molecule has 0 aliphatic rings. The lowest BCUT2D eigenvalue weighted by Crippen LogP contribution is -1.87. The van der Waals surface area contributed by atoms with Gasteiger partial charge < -0.3 is 4.98 Å². The van der Waals surface area contributed by atoms with E-state index in [1.807, 2.05) is 0 Å². The zero-order valence-corrected chi connectivity index (χ0v) is 9.77. The van der Waals surface area contributed by atoms with Crippen LogP contribution < -0.4 is 0 Å². The maximum absolute atomic E-state index is 13.1. The van der Waals surface area contributed by atoms with Crippen LogP contribution in [0.15, 0.2) is 48.8 Å². The Morgan fingerprint density at radius 2 is 1.21 bits per heavy atom. The molecule has 1 N–H and O–H groups in total. The molecule has 5 heteroatoms. The standard InChI is InChI=1S/C14H9F2N3/c15-9-3-5-17-13(7-9)11-1-2-12(19-11)14-8-10(16)4-6-18-14/h1-8,19H. The molecule has 3 rings (SSSR count). The molecule has 3 nitrogen and oxygen atoms in total. The zero-order valence-electron chi connectivity index (χ0n) is 9.77. The molecular formula is C14H9F2N3. The van der Waals surface area contributed by atoms with Crippen molar-refractivity contribution in [3.63, 3.8) is 0 Å². The Morgan fingerprint density at radius 1 is 0.737 bits per heavy atom. The van der Waals surface area contributed by atoms with Crippen LogP contribution in [0.5, 0.6) is 0 Å². The molecule has 0 saturated carbocycles. The summed E-state index contributed by atoms with van der Waals surface area (Å²) in [6, 6.07) is 8.72. The summed E-state index contributed by atoms with van der Waals surface area (Å²) in [6.07, 6.45) is 2.79. The third-order valence-electron chi connectivity index (χ3n) is 2.68. The number of hydrogen-bond donors (Lipinski definition) is 1. The average molecular weight is 257 g/mol. The molecule has 3 aromatic heterocycles. The molecule has 0 radical (unpaired) electrons. The minimum atomic E-state index is -0.356. The highest BCUT2D eigenvalue weighted by atomic mass is 19.1. The molecule has 0 fully saturated rings. The maximum Gasteiger partial charge on any atom is 0.126 e. The quantitative estimate of drug-likeness (QED) is 0.764. The van der Waals surface area contributed by atoms with Crippen molar-refractivity contribution in [3.8, 4) is 22.8 Å². The molecular weight excluding hydrogens is 248 g/mol. The van der Waals surface area contributed by atoms with Crippen molar-refractivity contribution < 1.29 is 8.78 Å². The summed E-state index contributed by atoms with van der Waals surface area (Å²) in [5.41, 5.74) is 2.28. The highest BCUT2D eigenvalue weighted by molar-refractivity contribution is 5.63. The van der Waals surface area contributed by atoms with E-state index in [4.69, 9.17) is 0 Å². The third-order valence-corrected chi connectivity index (χ3v) is 2.68. The Labute approximate surface area is 108 Å². The molecule has 0 saturated heterocycles. The molecule has 0 bridgehead atoms. The number of hydrogen-bond acceptors (Lipinski definition) is 2. The van der Waals surface area contributed by atoms with Crippen LogP contribution in [0.1, 0.15) is 0 Å². The van der Waals surface area contributed by atoms with Crippen LogP contribution >= 0.6 is 0 Å². The fourth-order valence-corrected chi connectivity index (χ4v) is 1.80. The minimum Gasteiger partial charge on any atom is -0.352 e. The lowest BCUT2D eigenvalue weighted by atomic mass is 10.2. The number of nitrogens with zero attached hydrogens (tertiary/aromatic N) is 2. The summed E-state index contributed by atoms with van der Waals surface area (Å²) in [5.74, 6) is -0.713. The normalized spacial score (nSPS) is 10.6. The van der Waals surface area contributed by atoms with Crippen molar-refractivity contribution in [3.05, 3.63) is 60.4 Å². The third kappa shape index (κ3) is 2.35.